The van der Waals surface area contributed by atoms with Crippen LogP contribution >= 0.6 is 11.6 Å². The van der Waals surface area contributed by atoms with Crippen LogP contribution in [0.5, 0.6) is 0 Å². The molecule has 5 nitrogen and oxygen atoms in total. The van der Waals surface area contributed by atoms with Gasteiger partial charge in [0.05, 0.1) is 0 Å². The first kappa shape index (κ1) is 22.6. The van der Waals surface area contributed by atoms with Crippen LogP contribution in [0.2, 0.25) is 5.02 Å². The predicted octanol–water partition coefficient (Wildman–Crippen LogP) is 5.26. The zero-order chi connectivity index (χ0) is 23.2. The van der Waals surface area contributed by atoms with Crippen LogP contribution in [0.4, 0.5) is 11.4 Å². The maximum atomic E-state index is 12.8. The molecule has 0 radical (unpaired) electrons. The standard InChI is InChI=1S/C27H26ClN3O2/c1-20-4-2-3-5-25(20)27(33)31-18-16-30(17-19-31)24-13-11-23(12-14-24)29-26(32)15-8-21-6-9-22(28)10-7-21/h2-15H,16-19H2,1H3,(H,29,32). The van der Waals surface area contributed by atoms with Gasteiger partial charge in [-0.25, -0.2) is 0 Å². The van der Waals surface area contributed by atoms with Crippen molar-refractivity contribution in [2.75, 3.05) is 36.4 Å². The number of piperazine rings is 1. The Morgan fingerprint density at radius 1 is 0.879 bits per heavy atom. The number of carbonyl (C=O) groups is 2. The molecule has 1 aliphatic rings. The molecule has 0 atom stereocenters. The minimum atomic E-state index is -0.193. The average Bonchev–Trinajstić information content (AvgIpc) is 2.84. The van der Waals surface area contributed by atoms with Crippen molar-refractivity contribution in [3.05, 3.63) is 101 Å². The molecule has 0 unspecified atom stereocenters. The summed E-state index contributed by atoms with van der Waals surface area (Å²) in [5.41, 5.74) is 4.50. The Balaban J connectivity index is 1.30. The highest BCUT2D eigenvalue weighted by Gasteiger charge is 2.23. The number of aryl methyl sites for hydroxylation is 1. The highest BCUT2D eigenvalue weighted by atomic mass is 35.5. The smallest absolute Gasteiger partial charge is 0.254 e. The van der Waals surface area contributed by atoms with E-state index in [9.17, 15) is 9.59 Å². The maximum Gasteiger partial charge on any atom is 0.254 e. The Bertz CT molecular complexity index is 1150. The van der Waals surface area contributed by atoms with Gasteiger partial charge in [0.2, 0.25) is 5.91 Å². The lowest BCUT2D eigenvalue weighted by Gasteiger charge is -2.36. The summed E-state index contributed by atoms with van der Waals surface area (Å²) in [6.45, 7) is 4.87. The fourth-order valence-electron chi connectivity index (χ4n) is 3.84. The minimum Gasteiger partial charge on any atom is -0.368 e. The van der Waals surface area contributed by atoms with Gasteiger partial charge in [-0.3, -0.25) is 9.59 Å². The van der Waals surface area contributed by atoms with Crippen molar-refractivity contribution in [1.82, 2.24) is 4.90 Å². The summed E-state index contributed by atoms with van der Waals surface area (Å²) >= 11 is 5.88. The van der Waals surface area contributed by atoms with Crippen molar-refractivity contribution in [3.63, 3.8) is 0 Å². The number of nitrogens with one attached hydrogen (secondary N) is 1. The molecule has 0 aliphatic carbocycles. The molecule has 168 valence electrons. The van der Waals surface area contributed by atoms with Gasteiger partial charge in [-0.15, -0.1) is 0 Å². The van der Waals surface area contributed by atoms with Crippen molar-refractivity contribution in [1.29, 1.82) is 0 Å². The van der Waals surface area contributed by atoms with E-state index in [0.717, 1.165) is 41.2 Å². The van der Waals surface area contributed by atoms with Crippen LogP contribution < -0.4 is 10.2 Å². The number of nitrogens with zero attached hydrogens (tertiary/aromatic N) is 2. The number of rotatable bonds is 5. The van der Waals surface area contributed by atoms with E-state index in [2.05, 4.69) is 10.2 Å². The Labute approximate surface area is 199 Å². The van der Waals surface area contributed by atoms with Crippen LogP contribution in [-0.4, -0.2) is 42.9 Å². The molecule has 0 aromatic heterocycles. The van der Waals surface area contributed by atoms with Crippen LogP contribution in [0.25, 0.3) is 6.08 Å². The molecule has 3 aromatic carbocycles. The van der Waals surface area contributed by atoms with Crippen LogP contribution in [0, 0.1) is 6.92 Å². The van der Waals surface area contributed by atoms with E-state index in [0.29, 0.717) is 18.1 Å². The van der Waals surface area contributed by atoms with E-state index >= 15 is 0 Å². The van der Waals surface area contributed by atoms with E-state index in [-0.39, 0.29) is 11.8 Å². The summed E-state index contributed by atoms with van der Waals surface area (Å²) in [6, 6.07) is 22.8. The Morgan fingerprint density at radius 2 is 1.55 bits per heavy atom. The van der Waals surface area contributed by atoms with Crippen molar-refractivity contribution in [2.24, 2.45) is 0 Å². The third-order valence-corrected chi connectivity index (χ3v) is 5.99. The quantitative estimate of drug-likeness (QED) is 0.529. The highest BCUT2D eigenvalue weighted by molar-refractivity contribution is 6.30. The summed E-state index contributed by atoms with van der Waals surface area (Å²) in [5, 5.41) is 3.54. The van der Waals surface area contributed by atoms with Gasteiger partial charge in [0.25, 0.3) is 5.91 Å². The van der Waals surface area contributed by atoms with Crippen LogP contribution in [0.15, 0.2) is 78.9 Å². The first-order valence-corrected chi connectivity index (χ1v) is 11.3. The fraction of sp³-hybridized carbons (Fsp3) is 0.185. The van der Waals surface area contributed by atoms with Gasteiger partial charge in [-0.2, -0.15) is 0 Å². The van der Waals surface area contributed by atoms with Gasteiger partial charge < -0.3 is 15.1 Å². The topological polar surface area (TPSA) is 52.7 Å². The zero-order valence-corrected chi connectivity index (χ0v) is 19.3. The number of anilines is 2. The van der Waals surface area contributed by atoms with Crippen molar-refractivity contribution in [3.8, 4) is 0 Å². The molecule has 1 heterocycles. The predicted molar refractivity (Wildman–Crippen MR) is 135 cm³/mol. The second-order valence-electron chi connectivity index (χ2n) is 8.02. The molecule has 3 aromatic rings. The van der Waals surface area contributed by atoms with E-state index < -0.39 is 0 Å². The number of hydrogen-bond acceptors (Lipinski definition) is 3. The SMILES string of the molecule is Cc1ccccc1C(=O)N1CCN(c2ccc(NC(=O)C=Cc3ccc(Cl)cc3)cc2)CC1. The molecular formula is C27H26ClN3O2. The molecule has 6 heteroatoms. The fourth-order valence-corrected chi connectivity index (χ4v) is 3.96. The lowest BCUT2D eigenvalue weighted by atomic mass is 10.1. The molecule has 4 rings (SSSR count). The van der Waals surface area contributed by atoms with Crippen molar-refractivity contribution < 1.29 is 9.59 Å². The number of halogens is 1. The van der Waals surface area contributed by atoms with Crippen LogP contribution in [0.1, 0.15) is 21.5 Å². The number of amides is 2. The highest BCUT2D eigenvalue weighted by Crippen LogP contribution is 2.21. The first-order valence-electron chi connectivity index (χ1n) is 10.9. The van der Waals surface area contributed by atoms with Crippen LogP contribution in [0.3, 0.4) is 0 Å². The third-order valence-electron chi connectivity index (χ3n) is 5.74. The second kappa shape index (κ2) is 10.4. The molecule has 1 saturated heterocycles. The summed E-state index contributed by atoms with van der Waals surface area (Å²) in [7, 11) is 0. The number of benzene rings is 3. The van der Waals surface area contributed by atoms with Gasteiger partial charge in [0.15, 0.2) is 0 Å². The molecule has 1 fully saturated rings. The summed E-state index contributed by atoms with van der Waals surface area (Å²) in [6.07, 6.45) is 3.25. The van der Waals surface area contributed by atoms with Gasteiger partial charge >= 0.3 is 0 Å². The number of hydrogen-bond donors (Lipinski definition) is 1. The average molecular weight is 460 g/mol. The molecule has 2 amide bonds. The largest absolute Gasteiger partial charge is 0.368 e. The minimum absolute atomic E-state index is 0.0949. The Kier molecular flexibility index (Phi) is 7.10. The molecule has 1 N–H and O–H groups in total. The second-order valence-corrected chi connectivity index (χ2v) is 8.45. The summed E-state index contributed by atoms with van der Waals surface area (Å²) < 4.78 is 0. The lowest BCUT2D eigenvalue weighted by Crippen LogP contribution is -2.48. The van der Waals surface area contributed by atoms with Crippen LogP contribution in [-0.2, 0) is 4.79 Å². The first-order chi connectivity index (χ1) is 16.0. The van der Waals surface area contributed by atoms with Gasteiger partial charge in [0.1, 0.15) is 0 Å². The van der Waals surface area contributed by atoms with Gasteiger partial charge in [0, 0.05) is 54.2 Å². The molecule has 0 saturated carbocycles. The van der Waals surface area contributed by atoms with Crippen molar-refractivity contribution >= 4 is 40.9 Å². The van der Waals surface area contributed by atoms with E-state index in [4.69, 9.17) is 11.6 Å². The molecular weight excluding hydrogens is 434 g/mol. The van der Waals surface area contributed by atoms with E-state index in [1.54, 1.807) is 18.2 Å². The summed E-state index contributed by atoms with van der Waals surface area (Å²) in [5.74, 6) is -0.0986. The van der Waals surface area contributed by atoms with Crippen molar-refractivity contribution in [2.45, 2.75) is 6.92 Å². The molecule has 0 spiro atoms. The zero-order valence-electron chi connectivity index (χ0n) is 18.5. The number of carbonyl (C=O) groups excluding carboxylic acids is 2. The van der Waals surface area contributed by atoms with E-state index in [1.165, 1.54) is 6.08 Å². The Hall–Kier alpha value is -3.57. The lowest BCUT2D eigenvalue weighted by molar-refractivity contribution is -0.111. The normalized spacial score (nSPS) is 13.9. The van der Waals surface area contributed by atoms with E-state index in [1.807, 2.05) is 72.5 Å². The Morgan fingerprint density at radius 3 is 2.21 bits per heavy atom. The molecule has 1 aliphatic heterocycles. The summed E-state index contributed by atoms with van der Waals surface area (Å²) in [4.78, 5) is 29.2. The maximum absolute atomic E-state index is 12.8. The monoisotopic (exact) mass is 459 g/mol. The van der Waals surface area contributed by atoms with Gasteiger partial charge in [-0.1, -0.05) is 41.9 Å². The third kappa shape index (κ3) is 5.82. The molecule has 0 bridgehead atoms. The molecule has 33 heavy (non-hydrogen) atoms. The van der Waals surface area contributed by atoms with Gasteiger partial charge in [-0.05, 0) is 66.6 Å².